The Kier molecular flexibility index (Phi) is 7.78. The molecule has 0 aliphatic rings. The second-order valence-corrected chi connectivity index (χ2v) is 9.50. The molecule has 0 saturated heterocycles. The van der Waals surface area contributed by atoms with E-state index < -0.39 is 0 Å². The summed E-state index contributed by atoms with van der Waals surface area (Å²) in [5, 5.41) is 6.36. The highest BCUT2D eigenvalue weighted by atomic mass is 19.1. The summed E-state index contributed by atoms with van der Waals surface area (Å²) in [6.07, 6.45) is 7.22. The van der Waals surface area contributed by atoms with Gasteiger partial charge in [0.05, 0.1) is 11.6 Å². The lowest BCUT2D eigenvalue weighted by atomic mass is 9.97. The number of hydrogen-bond acceptors (Lipinski definition) is 4. The maximum atomic E-state index is 13.5. The van der Waals surface area contributed by atoms with E-state index in [0.717, 1.165) is 35.2 Å². The number of carbonyl (C=O) groups excluding carboxylic acids is 1. The van der Waals surface area contributed by atoms with E-state index in [-0.39, 0.29) is 17.8 Å². The topological polar surface area (TPSA) is 71.8 Å². The maximum absolute atomic E-state index is 13.5. The summed E-state index contributed by atoms with van der Waals surface area (Å²) in [5.74, 6) is 1.18. The molecule has 4 rings (SSSR count). The van der Waals surface area contributed by atoms with Crippen molar-refractivity contribution in [1.29, 1.82) is 0 Å². The molecule has 7 heteroatoms. The predicted octanol–water partition coefficient (Wildman–Crippen LogP) is 6.67. The van der Waals surface area contributed by atoms with Gasteiger partial charge in [-0.3, -0.25) is 4.79 Å². The van der Waals surface area contributed by atoms with Crippen LogP contribution < -0.4 is 10.6 Å². The summed E-state index contributed by atoms with van der Waals surface area (Å²) in [6, 6.07) is 16.3. The average Bonchev–Trinajstić information content (AvgIpc) is 3.35. The lowest BCUT2D eigenvalue weighted by Gasteiger charge is -2.20. The first-order valence-corrected chi connectivity index (χ1v) is 12.2. The zero-order valence-electron chi connectivity index (χ0n) is 21.1. The number of nitrogens with one attached hydrogen (secondary N) is 2. The molecule has 6 nitrogen and oxygen atoms in total. The van der Waals surface area contributed by atoms with E-state index in [1.807, 2.05) is 42.8 Å². The molecule has 1 amide bonds. The second-order valence-electron chi connectivity index (χ2n) is 9.50. The van der Waals surface area contributed by atoms with Crippen molar-refractivity contribution in [2.75, 3.05) is 5.32 Å². The Labute approximate surface area is 211 Å². The Balaban J connectivity index is 1.53. The molecule has 0 bridgehead atoms. The Morgan fingerprint density at radius 1 is 1.03 bits per heavy atom. The van der Waals surface area contributed by atoms with Crippen LogP contribution in [0.2, 0.25) is 0 Å². The second kappa shape index (κ2) is 11.2. The van der Waals surface area contributed by atoms with Crippen LogP contribution in [0.15, 0.2) is 73.2 Å². The van der Waals surface area contributed by atoms with Gasteiger partial charge in [0, 0.05) is 29.8 Å². The predicted molar refractivity (Wildman–Crippen MR) is 141 cm³/mol. The normalized spacial score (nSPS) is 11.9. The molecule has 0 radical (unpaired) electrons. The standard InChI is InChI=1S/C29H32FN5O/c1-19(2)10-12-26(22-8-6-5-7-9-22)32-28(36)23-14-15-35(18-23)27-21(4)17-31-29(34-27)33-25-13-11-24(30)16-20(25)3/h5-9,11,13-19,26H,10,12H2,1-4H3,(H,32,36)(H,31,33,34)/t26-/m0/s1. The van der Waals surface area contributed by atoms with Gasteiger partial charge in [-0.2, -0.15) is 4.98 Å². The number of hydrogen-bond donors (Lipinski definition) is 2. The number of halogens is 1. The molecule has 0 saturated carbocycles. The van der Waals surface area contributed by atoms with Gasteiger partial charge in [-0.05, 0) is 68.0 Å². The number of aromatic nitrogens is 3. The van der Waals surface area contributed by atoms with Crippen molar-refractivity contribution in [3.8, 4) is 5.82 Å². The highest BCUT2D eigenvalue weighted by Gasteiger charge is 2.18. The van der Waals surface area contributed by atoms with Gasteiger partial charge >= 0.3 is 0 Å². The summed E-state index contributed by atoms with van der Waals surface area (Å²) in [5.41, 5.74) is 4.00. The van der Waals surface area contributed by atoms with Gasteiger partial charge in [0.2, 0.25) is 5.95 Å². The molecule has 4 aromatic rings. The fourth-order valence-electron chi connectivity index (χ4n) is 4.05. The first-order chi connectivity index (χ1) is 17.3. The molecule has 186 valence electrons. The lowest BCUT2D eigenvalue weighted by molar-refractivity contribution is 0.0933. The minimum absolute atomic E-state index is 0.0556. The Morgan fingerprint density at radius 2 is 1.81 bits per heavy atom. The van der Waals surface area contributed by atoms with E-state index in [4.69, 9.17) is 0 Å². The molecule has 36 heavy (non-hydrogen) atoms. The molecule has 0 fully saturated rings. The van der Waals surface area contributed by atoms with Gasteiger partial charge in [0.15, 0.2) is 0 Å². The van der Waals surface area contributed by atoms with E-state index >= 15 is 0 Å². The van der Waals surface area contributed by atoms with Crippen molar-refractivity contribution in [3.05, 3.63) is 101 Å². The minimum Gasteiger partial charge on any atom is -0.345 e. The largest absolute Gasteiger partial charge is 0.345 e. The Bertz CT molecular complexity index is 1330. The average molecular weight is 486 g/mol. The maximum Gasteiger partial charge on any atom is 0.253 e. The van der Waals surface area contributed by atoms with E-state index in [1.54, 1.807) is 24.5 Å². The summed E-state index contributed by atoms with van der Waals surface area (Å²) in [7, 11) is 0. The van der Waals surface area contributed by atoms with Crippen LogP contribution in [-0.4, -0.2) is 20.4 Å². The number of aryl methyl sites for hydroxylation is 2. The number of amides is 1. The lowest BCUT2D eigenvalue weighted by Crippen LogP contribution is -2.28. The van der Waals surface area contributed by atoms with Crippen LogP contribution in [0, 0.1) is 25.6 Å². The number of rotatable bonds is 9. The van der Waals surface area contributed by atoms with E-state index in [9.17, 15) is 9.18 Å². The van der Waals surface area contributed by atoms with Crippen LogP contribution in [0.4, 0.5) is 16.0 Å². The fourth-order valence-corrected chi connectivity index (χ4v) is 4.05. The molecular formula is C29H32FN5O. The molecule has 2 aromatic heterocycles. The molecule has 1 atom stereocenters. The van der Waals surface area contributed by atoms with Gasteiger partial charge in [-0.15, -0.1) is 0 Å². The smallest absolute Gasteiger partial charge is 0.253 e. The van der Waals surface area contributed by atoms with Gasteiger partial charge in [-0.1, -0.05) is 44.2 Å². The molecule has 0 aliphatic carbocycles. The molecule has 2 aromatic carbocycles. The molecule has 2 heterocycles. The number of nitrogens with zero attached hydrogens (tertiary/aromatic N) is 3. The summed E-state index contributed by atoms with van der Waals surface area (Å²) in [4.78, 5) is 22.2. The van der Waals surface area contributed by atoms with Gasteiger partial charge in [0.1, 0.15) is 11.6 Å². The number of carbonyl (C=O) groups is 1. The number of anilines is 2. The van der Waals surface area contributed by atoms with Crippen LogP contribution in [0.5, 0.6) is 0 Å². The molecule has 2 N–H and O–H groups in total. The van der Waals surface area contributed by atoms with E-state index in [0.29, 0.717) is 23.2 Å². The van der Waals surface area contributed by atoms with Crippen molar-refractivity contribution >= 4 is 17.5 Å². The van der Waals surface area contributed by atoms with Crippen LogP contribution in [0.25, 0.3) is 5.82 Å². The summed E-state index contributed by atoms with van der Waals surface area (Å²) < 4.78 is 15.3. The van der Waals surface area contributed by atoms with Crippen molar-refractivity contribution in [3.63, 3.8) is 0 Å². The highest BCUT2D eigenvalue weighted by molar-refractivity contribution is 5.94. The van der Waals surface area contributed by atoms with Crippen LogP contribution in [0.1, 0.15) is 59.8 Å². The van der Waals surface area contributed by atoms with Crippen molar-refractivity contribution < 1.29 is 9.18 Å². The van der Waals surface area contributed by atoms with Gasteiger partial charge in [-0.25, -0.2) is 9.37 Å². The Hall–Kier alpha value is -4.00. The number of benzene rings is 2. The van der Waals surface area contributed by atoms with Crippen LogP contribution in [0.3, 0.4) is 0 Å². The minimum atomic E-state index is -0.291. The fraction of sp³-hybridized carbons (Fsp3) is 0.276. The van der Waals surface area contributed by atoms with Crippen molar-refractivity contribution in [2.45, 2.75) is 46.6 Å². The molecule has 0 spiro atoms. The molecule has 0 unspecified atom stereocenters. The zero-order valence-corrected chi connectivity index (χ0v) is 21.1. The summed E-state index contributed by atoms with van der Waals surface area (Å²) in [6.45, 7) is 8.11. The van der Waals surface area contributed by atoms with Crippen LogP contribution in [-0.2, 0) is 0 Å². The first kappa shape index (κ1) is 25.1. The van der Waals surface area contributed by atoms with Gasteiger partial charge < -0.3 is 15.2 Å². The third-order valence-electron chi connectivity index (χ3n) is 6.12. The zero-order chi connectivity index (χ0) is 25.7. The highest BCUT2D eigenvalue weighted by Crippen LogP contribution is 2.23. The Morgan fingerprint density at radius 3 is 2.53 bits per heavy atom. The van der Waals surface area contributed by atoms with E-state index in [1.165, 1.54) is 12.1 Å². The van der Waals surface area contributed by atoms with Crippen molar-refractivity contribution in [1.82, 2.24) is 19.9 Å². The first-order valence-electron chi connectivity index (χ1n) is 12.2. The SMILES string of the molecule is Cc1cc(F)ccc1Nc1ncc(C)c(-n2ccc(C(=O)N[C@@H](CCC(C)C)c3ccccc3)c2)n1. The van der Waals surface area contributed by atoms with Crippen LogP contribution >= 0.6 is 0 Å². The quantitative estimate of drug-likeness (QED) is 0.278. The summed E-state index contributed by atoms with van der Waals surface area (Å²) >= 11 is 0. The monoisotopic (exact) mass is 485 g/mol. The van der Waals surface area contributed by atoms with Crippen molar-refractivity contribution in [2.24, 2.45) is 5.92 Å². The molecular weight excluding hydrogens is 453 g/mol. The molecule has 0 aliphatic heterocycles. The third kappa shape index (κ3) is 6.16. The van der Waals surface area contributed by atoms with Gasteiger partial charge in [0.25, 0.3) is 5.91 Å². The van der Waals surface area contributed by atoms with E-state index in [2.05, 4.69) is 46.6 Å². The third-order valence-corrected chi connectivity index (χ3v) is 6.12.